The number of hydrogen-bond donors (Lipinski definition) is 2. The third-order valence-corrected chi connectivity index (χ3v) is 4.11. The number of carbonyl (C=O) groups excluding carboxylic acids is 2. The van der Waals surface area contributed by atoms with E-state index in [4.69, 9.17) is 0 Å². The van der Waals surface area contributed by atoms with Gasteiger partial charge in [-0.05, 0) is 55.8 Å². The number of anilines is 1. The normalized spacial score (nSPS) is 11.0. The van der Waals surface area contributed by atoms with Gasteiger partial charge in [0.25, 0.3) is 11.8 Å². The van der Waals surface area contributed by atoms with Crippen LogP contribution in [0, 0.1) is 13.8 Å². The average molecular weight is 371 g/mol. The number of carbonyl (C=O) groups is 2. The van der Waals surface area contributed by atoms with E-state index in [1.165, 1.54) is 0 Å². The van der Waals surface area contributed by atoms with Gasteiger partial charge in [-0.1, -0.05) is 41.5 Å². The van der Waals surface area contributed by atoms with Crippen molar-refractivity contribution < 1.29 is 9.59 Å². The van der Waals surface area contributed by atoms with Crippen molar-refractivity contribution in [1.82, 2.24) is 10.3 Å². The second-order valence-corrected chi connectivity index (χ2v) is 6.48. The van der Waals surface area contributed by atoms with Crippen molar-refractivity contribution in [3.63, 3.8) is 0 Å². The number of aryl methyl sites for hydroxylation is 2. The van der Waals surface area contributed by atoms with E-state index in [9.17, 15) is 9.59 Å². The summed E-state index contributed by atoms with van der Waals surface area (Å²) in [6, 6.07) is 18.2. The van der Waals surface area contributed by atoms with Crippen molar-refractivity contribution in [2.75, 3.05) is 5.32 Å². The molecule has 3 aromatic rings. The van der Waals surface area contributed by atoms with E-state index in [0.29, 0.717) is 16.8 Å². The van der Waals surface area contributed by atoms with Gasteiger partial charge in [0.05, 0.1) is 0 Å². The van der Waals surface area contributed by atoms with Crippen LogP contribution in [0.15, 0.2) is 78.8 Å². The minimum absolute atomic E-state index is 0.138. The zero-order chi connectivity index (χ0) is 19.9. The molecule has 5 nitrogen and oxygen atoms in total. The Morgan fingerprint density at radius 2 is 1.54 bits per heavy atom. The van der Waals surface area contributed by atoms with Gasteiger partial charge in [-0.3, -0.25) is 14.6 Å². The Morgan fingerprint density at radius 3 is 2.14 bits per heavy atom. The molecular weight excluding hydrogens is 350 g/mol. The summed E-state index contributed by atoms with van der Waals surface area (Å²) in [6.07, 6.45) is 4.87. The highest BCUT2D eigenvalue weighted by Crippen LogP contribution is 2.12. The van der Waals surface area contributed by atoms with Gasteiger partial charge in [-0.2, -0.15) is 0 Å². The highest BCUT2D eigenvalue weighted by molar-refractivity contribution is 6.10. The number of pyridine rings is 1. The molecule has 0 aliphatic rings. The first kappa shape index (κ1) is 19.0. The lowest BCUT2D eigenvalue weighted by Crippen LogP contribution is -2.30. The molecule has 0 bridgehead atoms. The van der Waals surface area contributed by atoms with Gasteiger partial charge in [0.1, 0.15) is 5.70 Å². The predicted octanol–water partition coefficient (Wildman–Crippen LogP) is 4.11. The van der Waals surface area contributed by atoms with Crippen LogP contribution in [-0.4, -0.2) is 16.8 Å². The van der Waals surface area contributed by atoms with Crippen LogP contribution >= 0.6 is 0 Å². The largest absolute Gasteiger partial charge is 0.321 e. The number of nitrogens with zero attached hydrogens (tertiary/aromatic N) is 1. The molecule has 1 aromatic heterocycles. The minimum Gasteiger partial charge on any atom is -0.321 e. The Hall–Kier alpha value is -3.73. The van der Waals surface area contributed by atoms with Crippen molar-refractivity contribution in [3.05, 3.63) is 101 Å². The summed E-state index contributed by atoms with van der Waals surface area (Å²) in [5.41, 5.74) is 4.12. The van der Waals surface area contributed by atoms with Gasteiger partial charge in [0.15, 0.2) is 0 Å². The lowest BCUT2D eigenvalue weighted by Gasteiger charge is -2.11. The number of benzene rings is 2. The summed E-state index contributed by atoms with van der Waals surface area (Å²) < 4.78 is 0. The summed E-state index contributed by atoms with van der Waals surface area (Å²) in [5.74, 6) is -0.762. The predicted molar refractivity (Wildman–Crippen MR) is 111 cm³/mol. The number of amides is 2. The van der Waals surface area contributed by atoms with Crippen molar-refractivity contribution in [1.29, 1.82) is 0 Å². The molecule has 28 heavy (non-hydrogen) atoms. The van der Waals surface area contributed by atoms with Crippen LogP contribution in [0.4, 0.5) is 5.69 Å². The summed E-state index contributed by atoms with van der Waals surface area (Å²) in [5, 5.41) is 5.53. The van der Waals surface area contributed by atoms with Crippen LogP contribution in [0.2, 0.25) is 0 Å². The molecule has 2 N–H and O–H groups in total. The summed E-state index contributed by atoms with van der Waals surface area (Å²) in [6.45, 7) is 3.92. The molecule has 0 saturated carbocycles. The molecule has 0 atom stereocenters. The average Bonchev–Trinajstić information content (AvgIpc) is 2.70. The van der Waals surface area contributed by atoms with E-state index in [-0.39, 0.29) is 11.6 Å². The van der Waals surface area contributed by atoms with Gasteiger partial charge in [0, 0.05) is 23.6 Å². The van der Waals surface area contributed by atoms with Crippen LogP contribution in [0.25, 0.3) is 6.08 Å². The maximum absolute atomic E-state index is 12.8. The van der Waals surface area contributed by atoms with E-state index in [1.54, 1.807) is 36.7 Å². The van der Waals surface area contributed by atoms with Gasteiger partial charge >= 0.3 is 0 Å². The zero-order valence-electron chi connectivity index (χ0n) is 15.8. The van der Waals surface area contributed by atoms with Crippen molar-refractivity contribution in [3.8, 4) is 0 Å². The monoisotopic (exact) mass is 371 g/mol. The Balaban J connectivity index is 1.85. The zero-order valence-corrected chi connectivity index (χ0v) is 15.8. The summed E-state index contributed by atoms with van der Waals surface area (Å²) >= 11 is 0. The van der Waals surface area contributed by atoms with Gasteiger partial charge in [-0.15, -0.1) is 0 Å². The number of hydrogen-bond acceptors (Lipinski definition) is 3. The lowest BCUT2D eigenvalue weighted by molar-refractivity contribution is -0.113. The van der Waals surface area contributed by atoms with E-state index >= 15 is 0 Å². The number of aromatic nitrogens is 1. The molecule has 1 heterocycles. The molecular formula is C23H21N3O2. The quantitative estimate of drug-likeness (QED) is 0.663. The van der Waals surface area contributed by atoms with E-state index in [0.717, 1.165) is 11.1 Å². The van der Waals surface area contributed by atoms with E-state index in [2.05, 4.69) is 15.6 Å². The molecule has 0 radical (unpaired) electrons. The highest BCUT2D eigenvalue weighted by Gasteiger charge is 2.15. The molecule has 3 rings (SSSR count). The Morgan fingerprint density at radius 1 is 0.893 bits per heavy atom. The Bertz CT molecular complexity index is 992. The maximum atomic E-state index is 12.8. The fourth-order valence-electron chi connectivity index (χ4n) is 2.52. The lowest BCUT2D eigenvalue weighted by atomic mass is 10.1. The molecule has 0 unspecified atom stereocenters. The van der Waals surface area contributed by atoms with Crippen LogP contribution in [0.3, 0.4) is 0 Å². The second-order valence-electron chi connectivity index (χ2n) is 6.48. The summed E-state index contributed by atoms with van der Waals surface area (Å²) in [7, 11) is 0. The molecule has 0 spiro atoms. The van der Waals surface area contributed by atoms with Crippen LogP contribution < -0.4 is 10.6 Å². The number of rotatable bonds is 5. The molecule has 0 aliphatic heterocycles. The third kappa shape index (κ3) is 5.14. The van der Waals surface area contributed by atoms with Crippen LogP contribution in [0.1, 0.15) is 27.0 Å². The highest BCUT2D eigenvalue weighted by atomic mass is 16.2. The van der Waals surface area contributed by atoms with Crippen LogP contribution in [0.5, 0.6) is 0 Å². The van der Waals surface area contributed by atoms with E-state index in [1.807, 2.05) is 56.3 Å². The fraction of sp³-hybridized carbons (Fsp3) is 0.0870. The Kier molecular flexibility index (Phi) is 5.97. The van der Waals surface area contributed by atoms with Crippen molar-refractivity contribution in [2.24, 2.45) is 0 Å². The summed E-state index contributed by atoms with van der Waals surface area (Å²) in [4.78, 5) is 29.5. The number of nitrogens with one attached hydrogen (secondary N) is 2. The van der Waals surface area contributed by atoms with Gasteiger partial charge < -0.3 is 10.6 Å². The fourth-order valence-corrected chi connectivity index (χ4v) is 2.52. The Labute approximate surface area is 164 Å². The molecule has 0 aliphatic carbocycles. The second kappa shape index (κ2) is 8.77. The smallest absolute Gasteiger partial charge is 0.272 e. The van der Waals surface area contributed by atoms with E-state index < -0.39 is 5.91 Å². The standard InChI is InChI=1S/C23H21N3O2/c1-16-5-9-19(10-6-16)22(27)26-21(14-18-4-3-13-24-15-18)23(28)25-20-11-7-17(2)8-12-20/h3-15H,1-2H3,(H,25,28)(H,26,27)/b21-14+. The SMILES string of the molecule is Cc1ccc(NC(=O)/C(=C\c2cccnc2)NC(=O)c2ccc(C)cc2)cc1. The molecule has 140 valence electrons. The molecule has 0 saturated heterocycles. The maximum Gasteiger partial charge on any atom is 0.272 e. The third-order valence-electron chi connectivity index (χ3n) is 4.11. The first-order chi connectivity index (χ1) is 13.5. The molecule has 0 fully saturated rings. The van der Waals surface area contributed by atoms with Gasteiger partial charge in [0.2, 0.25) is 0 Å². The van der Waals surface area contributed by atoms with Crippen molar-refractivity contribution in [2.45, 2.75) is 13.8 Å². The molecule has 2 amide bonds. The first-order valence-electron chi connectivity index (χ1n) is 8.89. The van der Waals surface area contributed by atoms with Crippen LogP contribution in [-0.2, 0) is 4.79 Å². The van der Waals surface area contributed by atoms with Crippen molar-refractivity contribution >= 4 is 23.6 Å². The molecule has 2 aromatic carbocycles. The topological polar surface area (TPSA) is 71.1 Å². The minimum atomic E-state index is -0.409. The van der Waals surface area contributed by atoms with Gasteiger partial charge in [-0.25, -0.2) is 0 Å². The molecule has 5 heteroatoms. The first-order valence-corrected chi connectivity index (χ1v) is 8.89.